The summed E-state index contributed by atoms with van der Waals surface area (Å²) in [6, 6.07) is 8.30. The molecule has 1 N–H and O–H groups in total. The van der Waals surface area contributed by atoms with Gasteiger partial charge in [-0.05, 0) is 25.0 Å². The minimum Gasteiger partial charge on any atom is -0.380 e. The van der Waals surface area contributed by atoms with Crippen molar-refractivity contribution in [3.8, 4) is 0 Å². The average molecular weight is 278 g/mol. The predicted molar refractivity (Wildman–Crippen MR) is 81.4 cm³/mol. The maximum Gasteiger partial charge on any atom is 0.223 e. The number of carbonyl (C=O) groups is 1. The number of benzene rings is 1. The van der Waals surface area contributed by atoms with E-state index < -0.39 is 0 Å². The highest BCUT2D eigenvalue weighted by Crippen LogP contribution is 2.06. The van der Waals surface area contributed by atoms with Crippen LogP contribution in [0.4, 0.5) is 0 Å². The molecular weight excluding hydrogens is 252 g/mol. The van der Waals surface area contributed by atoms with E-state index in [2.05, 4.69) is 23.5 Å². The Morgan fingerprint density at radius 2 is 1.95 bits per heavy atom. The zero-order chi connectivity index (χ0) is 14.8. The molecule has 1 aromatic rings. The molecule has 4 nitrogen and oxygen atoms in total. The lowest BCUT2D eigenvalue weighted by atomic mass is 10.1. The largest absolute Gasteiger partial charge is 0.380 e. The molecule has 0 aliphatic carbocycles. The van der Waals surface area contributed by atoms with Gasteiger partial charge in [0.05, 0.1) is 6.61 Å². The Balaban J connectivity index is 2.30. The summed E-state index contributed by atoms with van der Waals surface area (Å²) >= 11 is 0. The molecule has 112 valence electrons. The summed E-state index contributed by atoms with van der Waals surface area (Å²) in [5.74, 6) is 0.218. The molecule has 4 heteroatoms. The van der Waals surface area contributed by atoms with E-state index in [1.807, 2.05) is 24.8 Å². The number of carbonyl (C=O) groups excluding carboxylic acids is 1. The molecule has 0 heterocycles. The van der Waals surface area contributed by atoms with Crippen molar-refractivity contribution in [2.75, 3.05) is 26.7 Å². The molecule has 0 fully saturated rings. The zero-order valence-corrected chi connectivity index (χ0v) is 12.8. The summed E-state index contributed by atoms with van der Waals surface area (Å²) in [7, 11) is 1.70. The maximum absolute atomic E-state index is 11.8. The summed E-state index contributed by atoms with van der Waals surface area (Å²) in [5.41, 5.74) is 2.39. The lowest BCUT2D eigenvalue weighted by Gasteiger charge is -2.18. The van der Waals surface area contributed by atoms with Crippen molar-refractivity contribution in [2.24, 2.45) is 0 Å². The number of nitrogens with zero attached hydrogens (tertiary/aromatic N) is 1. The first kappa shape index (κ1) is 16.7. The second kappa shape index (κ2) is 9.50. The first-order chi connectivity index (χ1) is 9.71. The summed E-state index contributed by atoms with van der Waals surface area (Å²) in [4.78, 5) is 13.7. The van der Waals surface area contributed by atoms with Gasteiger partial charge in [-0.15, -0.1) is 0 Å². The minimum atomic E-state index is 0.218. The van der Waals surface area contributed by atoms with Crippen LogP contribution in [-0.2, 0) is 22.7 Å². The highest BCUT2D eigenvalue weighted by Gasteiger charge is 2.08. The molecule has 1 rings (SSSR count). The number of nitrogens with one attached hydrogen (secondary N) is 1. The Morgan fingerprint density at radius 1 is 1.25 bits per heavy atom. The fourth-order valence-electron chi connectivity index (χ4n) is 2.16. The van der Waals surface area contributed by atoms with Gasteiger partial charge in [0, 0.05) is 39.7 Å². The Morgan fingerprint density at radius 3 is 2.60 bits per heavy atom. The van der Waals surface area contributed by atoms with Crippen molar-refractivity contribution >= 4 is 5.91 Å². The van der Waals surface area contributed by atoms with E-state index in [9.17, 15) is 4.79 Å². The lowest BCUT2D eigenvalue weighted by molar-refractivity contribution is -0.130. The van der Waals surface area contributed by atoms with Crippen LogP contribution < -0.4 is 5.32 Å². The molecule has 0 unspecified atom stereocenters. The topological polar surface area (TPSA) is 41.6 Å². The standard InChI is InChI=1S/C16H26N2O2/c1-4-18(5-2)16(19)9-10-17-12-14-7-6-8-15(11-14)13-20-3/h6-8,11,17H,4-5,9-10,12-13H2,1-3H3. The van der Waals surface area contributed by atoms with Gasteiger partial charge in [-0.2, -0.15) is 0 Å². The molecule has 0 spiro atoms. The van der Waals surface area contributed by atoms with E-state index in [0.717, 1.165) is 19.6 Å². The van der Waals surface area contributed by atoms with Gasteiger partial charge >= 0.3 is 0 Å². The third kappa shape index (κ3) is 5.72. The van der Waals surface area contributed by atoms with Crippen LogP contribution in [-0.4, -0.2) is 37.6 Å². The number of methoxy groups -OCH3 is 1. The number of amides is 1. The van der Waals surface area contributed by atoms with Gasteiger partial charge in [0.1, 0.15) is 0 Å². The summed E-state index contributed by atoms with van der Waals surface area (Å²) in [6.45, 7) is 7.72. The van der Waals surface area contributed by atoms with Crippen LogP contribution in [0.15, 0.2) is 24.3 Å². The molecule has 0 aliphatic rings. The monoisotopic (exact) mass is 278 g/mol. The van der Waals surface area contributed by atoms with Crippen LogP contribution in [0.2, 0.25) is 0 Å². The van der Waals surface area contributed by atoms with E-state index in [-0.39, 0.29) is 5.91 Å². The van der Waals surface area contributed by atoms with Gasteiger partial charge in [-0.3, -0.25) is 4.79 Å². The van der Waals surface area contributed by atoms with Gasteiger partial charge in [0.2, 0.25) is 5.91 Å². The van der Waals surface area contributed by atoms with Crippen LogP contribution >= 0.6 is 0 Å². The van der Waals surface area contributed by atoms with Crippen molar-refractivity contribution in [1.29, 1.82) is 0 Å². The second-order valence-electron chi connectivity index (χ2n) is 4.75. The molecular formula is C16H26N2O2. The first-order valence-electron chi connectivity index (χ1n) is 7.26. The fourth-order valence-corrected chi connectivity index (χ4v) is 2.16. The first-order valence-corrected chi connectivity index (χ1v) is 7.26. The molecule has 0 aromatic heterocycles. The highest BCUT2D eigenvalue weighted by molar-refractivity contribution is 5.76. The van der Waals surface area contributed by atoms with Gasteiger partial charge in [0.25, 0.3) is 0 Å². The van der Waals surface area contributed by atoms with Crippen LogP contribution in [0.25, 0.3) is 0 Å². The van der Waals surface area contributed by atoms with Crippen molar-refractivity contribution in [1.82, 2.24) is 10.2 Å². The lowest BCUT2D eigenvalue weighted by Crippen LogP contribution is -2.32. The quantitative estimate of drug-likeness (QED) is 0.704. The van der Waals surface area contributed by atoms with Crippen molar-refractivity contribution < 1.29 is 9.53 Å². The molecule has 20 heavy (non-hydrogen) atoms. The van der Waals surface area contributed by atoms with Crippen molar-refractivity contribution in [3.05, 3.63) is 35.4 Å². The third-order valence-electron chi connectivity index (χ3n) is 3.26. The van der Waals surface area contributed by atoms with E-state index in [1.54, 1.807) is 7.11 Å². The number of hydrogen-bond acceptors (Lipinski definition) is 3. The van der Waals surface area contributed by atoms with Gasteiger partial charge in [-0.1, -0.05) is 24.3 Å². The van der Waals surface area contributed by atoms with Crippen molar-refractivity contribution in [3.63, 3.8) is 0 Å². The SMILES string of the molecule is CCN(CC)C(=O)CCNCc1cccc(COC)c1. The van der Waals surface area contributed by atoms with Gasteiger partial charge in [-0.25, -0.2) is 0 Å². The molecule has 0 saturated carbocycles. The number of rotatable bonds is 9. The molecule has 0 saturated heterocycles. The smallest absolute Gasteiger partial charge is 0.223 e. The highest BCUT2D eigenvalue weighted by atomic mass is 16.5. The van der Waals surface area contributed by atoms with Crippen LogP contribution in [0.3, 0.4) is 0 Å². The summed E-state index contributed by atoms with van der Waals surface area (Å²) in [5, 5.41) is 3.32. The Hall–Kier alpha value is -1.39. The molecule has 0 aliphatic heterocycles. The third-order valence-corrected chi connectivity index (χ3v) is 3.26. The maximum atomic E-state index is 11.8. The predicted octanol–water partition coefficient (Wildman–Crippen LogP) is 2.18. The van der Waals surface area contributed by atoms with Gasteiger partial charge in [0.15, 0.2) is 0 Å². The minimum absolute atomic E-state index is 0.218. The number of ether oxygens (including phenoxy) is 1. The van der Waals surface area contributed by atoms with Gasteiger partial charge < -0.3 is 15.0 Å². The normalized spacial score (nSPS) is 10.6. The van der Waals surface area contributed by atoms with Crippen LogP contribution in [0, 0.1) is 0 Å². The summed E-state index contributed by atoms with van der Waals surface area (Å²) in [6.07, 6.45) is 0.555. The van der Waals surface area contributed by atoms with E-state index in [0.29, 0.717) is 19.6 Å². The van der Waals surface area contributed by atoms with E-state index in [1.165, 1.54) is 11.1 Å². The number of hydrogen-bond donors (Lipinski definition) is 1. The molecule has 0 atom stereocenters. The van der Waals surface area contributed by atoms with E-state index >= 15 is 0 Å². The molecule has 0 radical (unpaired) electrons. The van der Waals surface area contributed by atoms with Crippen LogP contribution in [0.5, 0.6) is 0 Å². The molecule has 1 amide bonds. The van der Waals surface area contributed by atoms with E-state index in [4.69, 9.17) is 4.74 Å². The Kier molecular flexibility index (Phi) is 7.92. The Labute approximate surface area is 122 Å². The Bertz CT molecular complexity index is 403. The zero-order valence-electron chi connectivity index (χ0n) is 12.8. The van der Waals surface area contributed by atoms with Crippen molar-refractivity contribution in [2.45, 2.75) is 33.4 Å². The van der Waals surface area contributed by atoms with Crippen LogP contribution in [0.1, 0.15) is 31.4 Å². The second-order valence-corrected chi connectivity index (χ2v) is 4.75. The summed E-state index contributed by atoms with van der Waals surface area (Å²) < 4.78 is 5.12. The molecule has 1 aromatic carbocycles. The fraction of sp³-hybridized carbons (Fsp3) is 0.562. The average Bonchev–Trinajstić information content (AvgIpc) is 2.46. The molecule has 0 bridgehead atoms.